The third-order valence-electron chi connectivity index (χ3n) is 4.93. The number of ether oxygens (including phenoxy) is 1. The normalized spacial score (nSPS) is 13.6. The van der Waals surface area contributed by atoms with Gasteiger partial charge in [0.15, 0.2) is 5.16 Å². The average molecular weight is 427 g/mol. The molecule has 0 fully saturated rings. The van der Waals surface area contributed by atoms with Crippen LogP contribution in [-0.2, 0) is 18.6 Å². The number of aryl methyl sites for hydroxylation is 2. The van der Waals surface area contributed by atoms with Crippen molar-refractivity contribution < 1.29 is 9.26 Å². The summed E-state index contributed by atoms with van der Waals surface area (Å²) in [7, 11) is 1.62. The minimum absolute atomic E-state index is 0.0560. The first-order chi connectivity index (χ1) is 14.2. The van der Waals surface area contributed by atoms with Crippen LogP contribution in [-0.4, -0.2) is 27.2 Å². The lowest BCUT2D eigenvalue weighted by Gasteiger charge is -2.09. The molecular weight excluding hydrogens is 408 g/mol. The van der Waals surface area contributed by atoms with E-state index in [1.807, 2.05) is 24.3 Å². The second-order valence-corrected chi connectivity index (χ2v) is 8.84. The molecule has 0 unspecified atom stereocenters. The maximum Gasteiger partial charge on any atom is 0.260 e. The van der Waals surface area contributed by atoms with Gasteiger partial charge in [0.1, 0.15) is 10.6 Å². The van der Waals surface area contributed by atoms with E-state index in [0.717, 1.165) is 40.8 Å². The number of thiophene rings is 1. The molecule has 0 amide bonds. The number of nitrogens with one attached hydrogen (secondary N) is 1. The van der Waals surface area contributed by atoms with E-state index in [0.29, 0.717) is 22.6 Å². The van der Waals surface area contributed by atoms with Crippen molar-refractivity contribution in [1.29, 1.82) is 0 Å². The van der Waals surface area contributed by atoms with Gasteiger partial charge >= 0.3 is 0 Å². The van der Waals surface area contributed by atoms with Gasteiger partial charge in [-0.15, -0.1) is 11.3 Å². The number of hydrogen-bond donors (Lipinski definition) is 1. The van der Waals surface area contributed by atoms with Crippen molar-refractivity contribution in [3.63, 3.8) is 0 Å². The lowest BCUT2D eigenvalue weighted by molar-refractivity contribution is 0.391. The van der Waals surface area contributed by atoms with Crippen molar-refractivity contribution in [2.45, 2.75) is 36.6 Å². The first kappa shape index (κ1) is 18.4. The summed E-state index contributed by atoms with van der Waals surface area (Å²) in [6.07, 6.45) is 4.35. The first-order valence-corrected chi connectivity index (χ1v) is 11.2. The molecule has 3 heterocycles. The Morgan fingerprint density at radius 1 is 1.28 bits per heavy atom. The molecule has 7 nitrogen and oxygen atoms in total. The number of fused-ring (bicyclic) bond motifs is 3. The van der Waals surface area contributed by atoms with Gasteiger partial charge in [0.2, 0.25) is 11.7 Å². The third-order valence-corrected chi connectivity index (χ3v) is 6.98. The molecule has 0 radical (unpaired) electrons. The Morgan fingerprint density at radius 2 is 2.17 bits per heavy atom. The van der Waals surface area contributed by atoms with Crippen LogP contribution in [0.3, 0.4) is 0 Å². The predicted octanol–water partition coefficient (Wildman–Crippen LogP) is 4.21. The summed E-state index contributed by atoms with van der Waals surface area (Å²) in [4.78, 5) is 26.8. The molecule has 0 aliphatic heterocycles. The Kier molecular flexibility index (Phi) is 4.84. The smallest absolute Gasteiger partial charge is 0.260 e. The fraction of sp³-hybridized carbons (Fsp3) is 0.300. The minimum Gasteiger partial charge on any atom is -0.497 e. The third kappa shape index (κ3) is 3.56. The quantitative estimate of drug-likeness (QED) is 0.377. The Balaban J connectivity index is 1.36. The highest BCUT2D eigenvalue weighted by Gasteiger charge is 2.20. The van der Waals surface area contributed by atoms with E-state index >= 15 is 0 Å². The molecule has 9 heteroatoms. The minimum atomic E-state index is -0.0560. The van der Waals surface area contributed by atoms with Crippen molar-refractivity contribution in [1.82, 2.24) is 20.1 Å². The van der Waals surface area contributed by atoms with Gasteiger partial charge in [-0.25, -0.2) is 4.98 Å². The van der Waals surface area contributed by atoms with E-state index < -0.39 is 0 Å². The highest BCUT2D eigenvalue weighted by molar-refractivity contribution is 7.98. The van der Waals surface area contributed by atoms with Crippen molar-refractivity contribution in [3.05, 3.63) is 51.0 Å². The highest BCUT2D eigenvalue weighted by Crippen LogP contribution is 2.34. The molecule has 4 aromatic rings. The maximum absolute atomic E-state index is 12.6. The number of hydrogen-bond acceptors (Lipinski definition) is 8. The van der Waals surface area contributed by atoms with Gasteiger partial charge in [-0.05, 0) is 43.4 Å². The SMILES string of the molecule is COc1cccc(-c2noc(CSc3nc4sc5c(c4c(=O)[nH]3)CCCC5)n2)c1. The molecule has 1 N–H and O–H groups in total. The zero-order valence-electron chi connectivity index (χ0n) is 15.7. The van der Waals surface area contributed by atoms with Crippen LogP contribution >= 0.6 is 23.1 Å². The molecule has 1 aliphatic carbocycles. The number of H-pyrrole nitrogens is 1. The number of aromatic amines is 1. The standard InChI is InChI=1S/C20H18N4O3S2/c1-26-12-6-4-5-11(9-12)17-21-15(27-24-17)10-28-20-22-18(25)16-13-7-2-3-8-14(13)29-19(16)23-20/h4-6,9H,2-3,7-8,10H2,1H3,(H,22,23,25). The molecule has 1 aliphatic rings. The predicted molar refractivity (Wildman–Crippen MR) is 113 cm³/mol. The van der Waals surface area contributed by atoms with Crippen molar-refractivity contribution in [3.8, 4) is 17.1 Å². The molecule has 0 bridgehead atoms. The topological polar surface area (TPSA) is 93.9 Å². The average Bonchev–Trinajstić information content (AvgIpc) is 3.37. The largest absolute Gasteiger partial charge is 0.497 e. The molecule has 29 heavy (non-hydrogen) atoms. The summed E-state index contributed by atoms with van der Waals surface area (Å²) in [5.74, 6) is 2.14. The summed E-state index contributed by atoms with van der Waals surface area (Å²) < 4.78 is 10.6. The maximum atomic E-state index is 12.6. The lowest BCUT2D eigenvalue weighted by Crippen LogP contribution is -2.10. The number of methoxy groups -OCH3 is 1. The van der Waals surface area contributed by atoms with Gasteiger partial charge in [0, 0.05) is 10.4 Å². The summed E-state index contributed by atoms with van der Waals surface area (Å²) in [5, 5.41) is 5.38. The fourth-order valence-corrected chi connectivity index (χ4v) is 5.55. The summed E-state index contributed by atoms with van der Waals surface area (Å²) in [5.41, 5.74) is 1.96. The van der Waals surface area contributed by atoms with E-state index in [4.69, 9.17) is 9.26 Å². The number of nitrogens with zero attached hydrogens (tertiary/aromatic N) is 3. The van der Waals surface area contributed by atoms with E-state index in [9.17, 15) is 4.79 Å². The van der Waals surface area contributed by atoms with Crippen LogP contribution in [0.15, 0.2) is 38.7 Å². The molecule has 0 atom stereocenters. The van der Waals surface area contributed by atoms with E-state index in [1.165, 1.54) is 28.6 Å². The van der Waals surface area contributed by atoms with Crippen LogP contribution in [0.2, 0.25) is 0 Å². The Hall–Kier alpha value is -2.65. The first-order valence-electron chi connectivity index (χ1n) is 9.35. The van der Waals surface area contributed by atoms with Gasteiger partial charge < -0.3 is 14.2 Å². The van der Waals surface area contributed by atoms with Crippen molar-refractivity contribution in [2.24, 2.45) is 0 Å². The highest BCUT2D eigenvalue weighted by atomic mass is 32.2. The second kappa shape index (κ2) is 7.64. The van der Waals surface area contributed by atoms with Gasteiger partial charge in [-0.2, -0.15) is 4.98 Å². The van der Waals surface area contributed by atoms with E-state index in [1.54, 1.807) is 18.4 Å². The van der Waals surface area contributed by atoms with Gasteiger partial charge in [0.25, 0.3) is 5.56 Å². The molecule has 5 rings (SSSR count). The monoisotopic (exact) mass is 426 g/mol. The second-order valence-electron chi connectivity index (χ2n) is 6.79. The van der Waals surface area contributed by atoms with Crippen molar-refractivity contribution in [2.75, 3.05) is 7.11 Å². The van der Waals surface area contributed by atoms with E-state index in [-0.39, 0.29) is 5.56 Å². The van der Waals surface area contributed by atoms with Crippen molar-refractivity contribution >= 4 is 33.3 Å². The molecule has 1 aromatic carbocycles. The Morgan fingerprint density at radius 3 is 3.07 bits per heavy atom. The lowest BCUT2D eigenvalue weighted by atomic mass is 9.97. The summed E-state index contributed by atoms with van der Waals surface area (Å²) >= 11 is 3.03. The van der Waals surface area contributed by atoms with Gasteiger partial charge in [0.05, 0.1) is 18.2 Å². The molecule has 3 aromatic heterocycles. The Bertz CT molecular complexity index is 1240. The number of thioether (sulfide) groups is 1. The van der Waals surface area contributed by atoms with Gasteiger partial charge in [-0.1, -0.05) is 29.1 Å². The number of rotatable bonds is 5. The molecule has 0 spiro atoms. The summed E-state index contributed by atoms with van der Waals surface area (Å²) in [6.45, 7) is 0. The number of benzene rings is 1. The molecular formula is C20H18N4O3S2. The van der Waals surface area contributed by atoms with Gasteiger partial charge in [-0.3, -0.25) is 4.79 Å². The Labute approximate surface area is 174 Å². The van der Waals surface area contributed by atoms with Crippen LogP contribution in [0.4, 0.5) is 0 Å². The van der Waals surface area contributed by atoms with Crippen LogP contribution in [0, 0.1) is 0 Å². The van der Waals surface area contributed by atoms with E-state index in [2.05, 4.69) is 20.1 Å². The zero-order chi connectivity index (χ0) is 19.8. The number of aromatic nitrogens is 4. The molecule has 0 saturated heterocycles. The fourth-order valence-electron chi connectivity index (χ4n) is 3.54. The molecule has 148 valence electrons. The summed E-state index contributed by atoms with van der Waals surface area (Å²) in [6, 6.07) is 7.49. The van der Waals surface area contributed by atoms with Crippen LogP contribution in [0.5, 0.6) is 5.75 Å². The zero-order valence-corrected chi connectivity index (χ0v) is 17.4. The molecule has 0 saturated carbocycles. The van der Waals surface area contributed by atoms with Crippen LogP contribution in [0.1, 0.15) is 29.2 Å². The van der Waals surface area contributed by atoms with Crippen LogP contribution < -0.4 is 10.3 Å². The van der Waals surface area contributed by atoms with Crippen LogP contribution in [0.25, 0.3) is 21.6 Å².